The molecule has 1 aromatic heterocycles. The summed E-state index contributed by atoms with van der Waals surface area (Å²) in [6, 6.07) is 0.0958. The van der Waals surface area contributed by atoms with Crippen molar-refractivity contribution in [2.75, 3.05) is 13.2 Å². The van der Waals surface area contributed by atoms with Crippen molar-refractivity contribution in [1.29, 1.82) is 0 Å². The molecule has 0 radical (unpaired) electrons. The molecule has 0 amide bonds. The van der Waals surface area contributed by atoms with Gasteiger partial charge in [0.2, 0.25) is 0 Å². The first-order valence-electron chi connectivity index (χ1n) is 6.62. The van der Waals surface area contributed by atoms with Crippen LogP contribution in [0.15, 0.2) is 12.5 Å². The van der Waals surface area contributed by atoms with Crippen molar-refractivity contribution in [1.82, 2.24) is 9.55 Å². The molecule has 4 nitrogen and oxygen atoms in total. The molecule has 4 heteroatoms. The molecule has 0 unspecified atom stereocenters. The van der Waals surface area contributed by atoms with Crippen LogP contribution in [0.4, 0.5) is 0 Å². The van der Waals surface area contributed by atoms with Gasteiger partial charge >= 0.3 is 0 Å². The molecule has 0 saturated carbocycles. The summed E-state index contributed by atoms with van der Waals surface area (Å²) in [4.78, 5) is 4.16. The quantitative estimate of drug-likeness (QED) is 0.674. The SMILES string of the molecule is CCCCOCCCn1cncc1[C@H](N)CC. The maximum atomic E-state index is 6.02. The monoisotopic (exact) mass is 239 g/mol. The molecule has 17 heavy (non-hydrogen) atoms. The van der Waals surface area contributed by atoms with E-state index >= 15 is 0 Å². The van der Waals surface area contributed by atoms with Gasteiger partial charge in [0.1, 0.15) is 0 Å². The van der Waals surface area contributed by atoms with E-state index in [1.165, 1.54) is 6.42 Å². The molecule has 0 aliphatic carbocycles. The van der Waals surface area contributed by atoms with Crippen molar-refractivity contribution < 1.29 is 4.74 Å². The van der Waals surface area contributed by atoms with E-state index in [0.29, 0.717) is 0 Å². The highest BCUT2D eigenvalue weighted by Gasteiger charge is 2.08. The van der Waals surface area contributed by atoms with Gasteiger partial charge in [0, 0.05) is 32.0 Å². The van der Waals surface area contributed by atoms with Crippen molar-refractivity contribution in [3.8, 4) is 0 Å². The maximum absolute atomic E-state index is 6.02. The second-order valence-corrected chi connectivity index (χ2v) is 4.35. The Bertz CT molecular complexity index is 299. The van der Waals surface area contributed by atoms with Crippen LogP contribution in [0.2, 0.25) is 0 Å². The van der Waals surface area contributed by atoms with Gasteiger partial charge in [0.25, 0.3) is 0 Å². The summed E-state index contributed by atoms with van der Waals surface area (Å²) < 4.78 is 7.67. The van der Waals surface area contributed by atoms with Gasteiger partial charge in [-0.05, 0) is 19.3 Å². The van der Waals surface area contributed by atoms with Crippen LogP contribution in [0.1, 0.15) is 51.3 Å². The molecule has 0 aliphatic rings. The van der Waals surface area contributed by atoms with Crippen molar-refractivity contribution in [3.05, 3.63) is 18.2 Å². The maximum Gasteiger partial charge on any atom is 0.0948 e. The Morgan fingerprint density at radius 2 is 2.12 bits per heavy atom. The smallest absolute Gasteiger partial charge is 0.0948 e. The lowest BCUT2D eigenvalue weighted by Gasteiger charge is -2.12. The standard InChI is InChI=1S/C13H25N3O/c1-3-5-8-17-9-6-7-16-11-15-10-13(16)12(14)4-2/h10-12H,3-9,14H2,1-2H3/t12-/m1/s1. The van der Waals surface area contributed by atoms with E-state index in [-0.39, 0.29) is 6.04 Å². The highest BCUT2D eigenvalue weighted by atomic mass is 16.5. The average molecular weight is 239 g/mol. The molecule has 1 atom stereocenters. The summed E-state index contributed by atoms with van der Waals surface area (Å²) in [6.07, 6.45) is 8.03. The van der Waals surface area contributed by atoms with E-state index in [1.54, 1.807) is 0 Å². The Morgan fingerprint density at radius 3 is 2.82 bits per heavy atom. The first-order chi connectivity index (χ1) is 8.29. The van der Waals surface area contributed by atoms with Gasteiger partial charge in [0.05, 0.1) is 12.0 Å². The third kappa shape index (κ3) is 4.88. The molecule has 1 heterocycles. The second kappa shape index (κ2) is 8.25. The molecule has 0 aliphatic heterocycles. The number of unbranched alkanes of at least 4 members (excludes halogenated alkanes) is 1. The van der Waals surface area contributed by atoms with Gasteiger partial charge in [-0.2, -0.15) is 0 Å². The fraction of sp³-hybridized carbons (Fsp3) is 0.769. The number of nitrogens with two attached hydrogens (primary N) is 1. The van der Waals surface area contributed by atoms with Crippen molar-refractivity contribution >= 4 is 0 Å². The van der Waals surface area contributed by atoms with Crippen LogP contribution in [0, 0.1) is 0 Å². The van der Waals surface area contributed by atoms with Gasteiger partial charge in [-0.15, -0.1) is 0 Å². The molecule has 2 N–H and O–H groups in total. The number of ether oxygens (including phenoxy) is 1. The summed E-state index contributed by atoms with van der Waals surface area (Å²) in [5.41, 5.74) is 7.14. The summed E-state index contributed by atoms with van der Waals surface area (Å²) in [5.74, 6) is 0. The van der Waals surface area contributed by atoms with Crippen LogP contribution in [0.25, 0.3) is 0 Å². The minimum atomic E-state index is 0.0958. The Labute approximate surface area is 104 Å². The van der Waals surface area contributed by atoms with Crippen LogP contribution in [-0.4, -0.2) is 22.8 Å². The number of hydrogen-bond acceptors (Lipinski definition) is 3. The van der Waals surface area contributed by atoms with E-state index in [0.717, 1.165) is 44.7 Å². The highest BCUT2D eigenvalue weighted by Crippen LogP contribution is 2.13. The average Bonchev–Trinajstić information content (AvgIpc) is 2.81. The Kier molecular flexibility index (Phi) is 6.89. The van der Waals surface area contributed by atoms with Crippen molar-refractivity contribution in [2.45, 2.75) is 52.1 Å². The molecule has 1 rings (SSSR count). The zero-order valence-corrected chi connectivity index (χ0v) is 11.1. The molecule has 98 valence electrons. The molecule has 0 saturated heterocycles. The molecule has 0 bridgehead atoms. The highest BCUT2D eigenvalue weighted by molar-refractivity contribution is 5.03. The number of aromatic nitrogens is 2. The predicted octanol–water partition coefficient (Wildman–Crippen LogP) is 2.50. The fourth-order valence-corrected chi connectivity index (χ4v) is 1.72. The van der Waals surface area contributed by atoms with Crippen molar-refractivity contribution in [2.24, 2.45) is 5.73 Å². The van der Waals surface area contributed by atoms with Gasteiger partial charge in [-0.3, -0.25) is 0 Å². The Balaban J connectivity index is 2.24. The predicted molar refractivity (Wildman–Crippen MR) is 69.8 cm³/mol. The zero-order valence-electron chi connectivity index (χ0n) is 11.1. The fourth-order valence-electron chi connectivity index (χ4n) is 1.72. The first-order valence-corrected chi connectivity index (χ1v) is 6.62. The second-order valence-electron chi connectivity index (χ2n) is 4.35. The Hall–Kier alpha value is -0.870. The molecule has 0 aromatic carbocycles. The van der Waals surface area contributed by atoms with Crippen molar-refractivity contribution in [3.63, 3.8) is 0 Å². The molecular formula is C13H25N3O. The number of nitrogens with zero attached hydrogens (tertiary/aromatic N) is 2. The van der Waals surface area contributed by atoms with E-state index in [2.05, 4.69) is 23.4 Å². The van der Waals surface area contributed by atoms with Gasteiger partial charge < -0.3 is 15.0 Å². The molecular weight excluding hydrogens is 214 g/mol. The van der Waals surface area contributed by atoms with E-state index in [4.69, 9.17) is 10.5 Å². The summed E-state index contributed by atoms with van der Waals surface area (Å²) in [6.45, 7) is 6.90. The molecule has 0 spiro atoms. The summed E-state index contributed by atoms with van der Waals surface area (Å²) >= 11 is 0. The lowest BCUT2D eigenvalue weighted by atomic mass is 10.2. The Morgan fingerprint density at radius 1 is 1.35 bits per heavy atom. The number of aryl methyl sites for hydroxylation is 1. The minimum absolute atomic E-state index is 0.0958. The van der Waals surface area contributed by atoms with Crippen LogP contribution >= 0.6 is 0 Å². The first kappa shape index (κ1) is 14.2. The third-order valence-corrected chi connectivity index (χ3v) is 2.89. The van der Waals surface area contributed by atoms with Crippen LogP contribution in [0.3, 0.4) is 0 Å². The van der Waals surface area contributed by atoms with E-state index in [9.17, 15) is 0 Å². The van der Waals surface area contributed by atoms with E-state index < -0.39 is 0 Å². The number of hydrogen-bond donors (Lipinski definition) is 1. The zero-order chi connectivity index (χ0) is 12.5. The van der Waals surface area contributed by atoms with Crippen LogP contribution in [-0.2, 0) is 11.3 Å². The van der Waals surface area contributed by atoms with Gasteiger partial charge in [-0.1, -0.05) is 20.3 Å². The molecule has 1 aromatic rings. The van der Waals surface area contributed by atoms with Gasteiger partial charge in [-0.25, -0.2) is 4.98 Å². The normalized spacial score (nSPS) is 12.9. The minimum Gasteiger partial charge on any atom is -0.381 e. The topological polar surface area (TPSA) is 53.1 Å². The number of rotatable bonds is 9. The van der Waals surface area contributed by atoms with Gasteiger partial charge in [0.15, 0.2) is 0 Å². The number of imidazole rings is 1. The lowest BCUT2D eigenvalue weighted by Crippen LogP contribution is -2.15. The van der Waals surface area contributed by atoms with Crippen LogP contribution < -0.4 is 5.73 Å². The molecule has 0 fully saturated rings. The van der Waals surface area contributed by atoms with Crippen LogP contribution in [0.5, 0.6) is 0 Å². The summed E-state index contributed by atoms with van der Waals surface area (Å²) in [7, 11) is 0. The lowest BCUT2D eigenvalue weighted by molar-refractivity contribution is 0.125. The third-order valence-electron chi connectivity index (χ3n) is 2.89. The largest absolute Gasteiger partial charge is 0.381 e. The van der Waals surface area contributed by atoms with E-state index in [1.807, 2.05) is 12.5 Å². The summed E-state index contributed by atoms with van der Waals surface area (Å²) in [5, 5.41) is 0.